The number of rotatable bonds is 4. The molecule has 0 saturated carbocycles. The van der Waals surface area contributed by atoms with Crippen molar-refractivity contribution >= 4 is 23.3 Å². The molecule has 5 nitrogen and oxygen atoms in total. The third-order valence-corrected chi connectivity index (χ3v) is 6.09. The fraction of sp³-hybridized carbons (Fsp3) is 0.429. The number of nitrogens with zero attached hydrogens (tertiary/aromatic N) is 2. The van der Waals surface area contributed by atoms with Crippen LogP contribution in [-0.2, 0) is 17.6 Å². The normalized spacial score (nSPS) is 22.4. The van der Waals surface area contributed by atoms with Gasteiger partial charge in [-0.25, -0.2) is 9.37 Å². The zero-order valence-corrected chi connectivity index (χ0v) is 17.2. The first-order valence-electron chi connectivity index (χ1n) is 9.96. The van der Waals surface area contributed by atoms with Crippen LogP contribution in [0.2, 0.25) is 5.02 Å². The van der Waals surface area contributed by atoms with Gasteiger partial charge in [-0.15, -0.1) is 0 Å². The van der Waals surface area contributed by atoms with Crippen LogP contribution in [0.5, 0.6) is 0 Å². The molecule has 2 unspecified atom stereocenters. The predicted molar refractivity (Wildman–Crippen MR) is 108 cm³/mol. The van der Waals surface area contributed by atoms with Crippen molar-refractivity contribution in [1.82, 2.24) is 9.88 Å². The number of carbonyl (C=O) groups is 1. The first-order chi connectivity index (χ1) is 14.6. The van der Waals surface area contributed by atoms with Crippen molar-refractivity contribution in [1.29, 1.82) is 0 Å². The molecular weight excluding hydrogens is 436 g/mol. The Bertz CT molecular complexity index is 983. The van der Waals surface area contributed by atoms with Crippen molar-refractivity contribution < 1.29 is 22.4 Å². The van der Waals surface area contributed by atoms with Gasteiger partial charge in [0.25, 0.3) is 0 Å². The largest absolute Gasteiger partial charge is 0.413 e. The molecule has 1 amide bonds. The number of likely N-dealkylation sites (tertiary alicyclic amines) is 1. The number of amides is 1. The molecule has 1 aromatic heterocycles. The Kier molecular flexibility index (Phi) is 5.83. The Morgan fingerprint density at radius 3 is 2.68 bits per heavy atom. The summed E-state index contributed by atoms with van der Waals surface area (Å²) in [5.74, 6) is -0.778. The second-order valence-electron chi connectivity index (χ2n) is 7.95. The topological polar surface area (TPSA) is 71.2 Å². The SMILES string of the molecule is N[C@H]1CCCN(C(c2ccc(NC3Cc4ccc(Cl)c(F)c4C3)nc2)C(F)(F)F)C1=O. The average Bonchev–Trinajstić information content (AvgIpc) is 3.12. The molecule has 3 N–H and O–H groups in total. The molecule has 3 atom stereocenters. The van der Waals surface area contributed by atoms with Gasteiger partial charge in [-0.2, -0.15) is 13.2 Å². The van der Waals surface area contributed by atoms with Crippen LogP contribution in [0.25, 0.3) is 0 Å². The molecule has 2 aliphatic rings. The zero-order valence-electron chi connectivity index (χ0n) is 16.4. The van der Waals surface area contributed by atoms with Crippen LogP contribution in [0.15, 0.2) is 30.5 Å². The average molecular weight is 457 g/mol. The molecule has 10 heteroatoms. The second kappa shape index (κ2) is 8.27. The smallest absolute Gasteiger partial charge is 0.367 e. The fourth-order valence-corrected chi connectivity index (χ4v) is 4.50. The summed E-state index contributed by atoms with van der Waals surface area (Å²) in [6, 6.07) is 2.85. The minimum absolute atomic E-state index is 0.00876. The number of hydrogen-bond donors (Lipinski definition) is 2. The molecule has 1 aliphatic carbocycles. The van der Waals surface area contributed by atoms with Crippen molar-refractivity contribution in [3.05, 3.63) is 58.0 Å². The van der Waals surface area contributed by atoms with Crippen molar-refractivity contribution in [3.8, 4) is 0 Å². The monoisotopic (exact) mass is 456 g/mol. The van der Waals surface area contributed by atoms with Gasteiger partial charge in [0.2, 0.25) is 5.91 Å². The minimum atomic E-state index is -4.66. The molecule has 31 heavy (non-hydrogen) atoms. The molecule has 4 rings (SSSR count). The molecule has 1 saturated heterocycles. The number of carbonyl (C=O) groups excluding carboxylic acids is 1. The van der Waals surface area contributed by atoms with Gasteiger partial charge in [-0.1, -0.05) is 23.7 Å². The number of anilines is 1. The van der Waals surface area contributed by atoms with Gasteiger partial charge in [-0.3, -0.25) is 4.79 Å². The standard InChI is InChI=1S/C21H21ClF4N4O/c22-15-5-3-11-8-13(9-14(11)18(15)23)29-17-6-4-12(10-28-17)19(21(24,25)26)30-7-1-2-16(27)20(30)31/h3-6,10,13,16,19H,1-2,7-9,27H2,(H,28,29)/t13?,16-,19?/m0/s1. The minimum Gasteiger partial charge on any atom is -0.367 e. The fourth-order valence-electron chi connectivity index (χ4n) is 4.32. The Labute approximate surface area is 181 Å². The number of piperidine rings is 1. The zero-order chi connectivity index (χ0) is 22.3. The van der Waals surface area contributed by atoms with Crippen LogP contribution >= 0.6 is 11.6 Å². The maximum absolute atomic E-state index is 14.2. The molecule has 0 spiro atoms. The van der Waals surface area contributed by atoms with Gasteiger partial charge < -0.3 is 16.0 Å². The quantitative estimate of drug-likeness (QED) is 0.682. The number of hydrogen-bond acceptors (Lipinski definition) is 4. The highest BCUT2D eigenvalue weighted by atomic mass is 35.5. The van der Waals surface area contributed by atoms with E-state index in [1.54, 1.807) is 6.07 Å². The highest BCUT2D eigenvalue weighted by molar-refractivity contribution is 6.30. The summed E-state index contributed by atoms with van der Waals surface area (Å²) in [6.07, 6.45) is -1.80. The first-order valence-corrected chi connectivity index (χ1v) is 10.3. The summed E-state index contributed by atoms with van der Waals surface area (Å²) in [5, 5.41) is 3.19. The van der Waals surface area contributed by atoms with E-state index in [-0.39, 0.29) is 23.2 Å². The van der Waals surface area contributed by atoms with Crippen LogP contribution in [0.4, 0.5) is 23.4 Å². The third kappa shape index (κ3) is 4.34. The number of aromatic nitrogens is 1. The highest BCUT2D eigenvalue weighted by Crippen LogP contribution is 2.39. The van der Waals surface area contributed by atoms with E-state index in [0.717, 1.165) is 16.7 Å². The molecule has 0 bridgehead atoms. The van der Waals surface area contributed by atoms with Crippen LogP contribution in [0, 0.1) is 5.82 Å². The predicted octanol–water partition coefficient (Wildman–Crippen LogP) is 4.01. The highest BCUT2D eigenvalue weighted by Gasteiger charge is 2.48. The van der Waals surface area contributed by atoms with E-state index in [1.165, 1.54) is 18.2 Å². The van der Waals surface area contributed by atoms with E-state index >= 15 is 0 Å². The molecule has 0 radical (unpaired) electrons. The Balaban J connectivity index is 1.50. The first kappa shape index (κ1) is 21.8. The molecule has 2 heterocycles. The number of pyridine rings is 1. The lowest BCUT2D eigenvalue weighted by Crippen LogP contribution is -2.52. The number of halogens is 5. The summed E-state index contributed by atoms with van der Waals surface area (Å²) in [6.45, 7) is -0.00876. The van der Waals surface area contributed by atoms with E-state index in [4.69, 9.17) is 17.3 Å². The van der Waals surface area contributed by atoms with Gasteiger partial charge in [0.15, 0.2) is 6.04 Å². The summed E-state index contributed by atoms with van der Waals surface area (Å²) >= 11 is 5.83. The number of nitrogens with one attached hydrogen (secondary N) is 1. The van der Waals surface area contributed by atoms with E-state index in [1.807, 2.05) is 0 Å². The summed E-state index contributed by atoms with van der Waals surface area (Å²) in [7, 11) is 0. The van der Waals surface area contributed by atoms with Crippen molar-refractivity contribution in [2.75, 3.05) is 11.9 Å². The summed E-state index contributed by atoms with van der Waals surface area (Å²) in [4.78, 5) is 17.2. The molecule has 166 valence electrons. The van der Waals surface area contributed by atoms with Gasteiger partial charge in [0, 0.05) is 24.3 Å². The Morgan fingerprint density at radius 2 is 2.00 bits per heavy atom. The number of benzene rings is 1. The summed E-state index contributed by atoms with van der Waals surface area (Å²) < 4.78 is 55.6. The maximum Gasteiger partial charge on any atom is 0.413 e. The number of fused-ring (bicyclic) bond motifs is 1. The van der Waals surface area contributed by atoms with E-state index < -0.39 is 30.0 Å². The second-order valence-corrected chi connectivity index (χ2v) is 8.36. The van der Waals surface area contributed by atoms with Crippen molar-refractivity contribution in [2.45, 2.75) is 50.0 Å². The lowest BCUT2D eigenvalue weighted by molar-refractivity contribution is -0.195. The molecule has 1 fully saturated rings. The van der Waals surface area contributed by atoms with Crippen LogP contribution < -0.4 is 11.1 Å². The summed E-state index contributed by atoms with van der Waals surface area (Å²) in [5.41, 5.74) is 6.93. The molecule has 2 aromatic rings. The molecule has 1 aliphatic heterocycles. The van der Waals surface area contributed by atoms with Crippen LogP contribution in [-0.4, -0.2) is 40.6 Å². The lowest BCUT2D eigenvalue weighted by atomic mass is 9.99. The van der Waals surface area contributed by atoms with E-state index in [0.29, 0.717) is 37.1 Å². The van der Waals surface area contributed by atoms with Gasteiger partial charge in [0.05, 0.1) is 11.1 Å². The van der Waals surface area contributed by atoms with Crippen molar-refractivity contribution in [2.24, 2.45) is 5.73 Å². The van der Waals surface area contributed by atoms with Crippen LogP contribution in [0.3, 0.4) is 0 Å². The molecule has 1 aromatic carbocycles. The Hall–Kier alpha value is -2.39. The number of nitrogens with two attached hydrogens (primary N) is 1. The van der Waals surface area contributed by atoms with Crippen LogP contribution in [0.1, 0.15) is 35.6 Å². The third-order valence-electron chi connectivity index (χ3n) is 5.80. The Morgan fingerprint density at radius 1 is 1.23 bits per heavy atom. The van der Waals surface area contributed by atoms with Gasteiger partial charge in [-0.05, 0) is 48.9 Å². The molecular formula is C21H21ClF4N4O. The maximum atomic E-state index is 14.2. The lowest BCUT2D eigenvalue weighted by Gasteiger charge is -2.37. The van der Waals surface area contributed by atoms with Gasteiger partial charge in [0.1, 0.15) is 11.6 Å². The van der Waals surface area contributed by atoms with E-state index in [2.05, 4.69) is 10.3 Å². The number of alkyl halides is 3. The van der Waals surface area contributed by atoms with Gasteiger partial charge >= 0.3 is 6.18 Å². The van der Waals surface area contributed by atoms with E-state index in [9.17, 15) is 22.4 Å². The van der Waals surface area contributed by atoms with Crippen molar-refractivity contribution in [3.63, 3.8) is 0 Å².